The SMILES string of the molecule is CCCOc1c(C(=O)N/N=C/c2ccc([N+](=O)[O-])cc2)sc(C(=O)N/N=C/c2ccc([N+](=O)[O-])cc2)c1OCCC. The van der Waals surface area contributed by atoms with Crippen molar-refractivity contribution in [3.63, 3.8) is 0 Å². The van der Waals surface area contributed by atoms with Gasteiger partial charge in [0.1, 0.15) is 9.75 Å². The predicted octanol–water partition coefficient (Wildman–Crippen LogP) is 4.67. The third-order valence-corrected chi connectivity index (χ3v) is 6.25. The van der Waals surface area contributed by atoms with Gasteiger partial charge in [0.2, 0.25) is 0 Å². The lowest BCUT2D eigenvalue weighted by molar-refractivity contribution is -0.385. The summed E-state index contributed by atoms with van der Waals surface area (Å²) in [6.07, 6.45) is 3.89. The first-order chi connectivity index (χ1) is 19.7. The molecule has 0 fully saturated rings. The minimum atomic E-state index is -0.658. The van der Waals surface area contributed by atoms with Crippen LogP contribution in [0.5, 0.6) is 11.5 Å². The monoisotopic (exact) mass is 582 g/mol. The summed E-state index contributed by atoms with van der Waals surface area (Å²) in [7, 11) is 0. The van der Waals surface area contributed by atoms with Crippen LogP contribution in [0, 0.1) is 20.2 Å². The number of carbonyl (C=O) groups excluding carboxylic acids is 2. The van der Waals surface area contributed by atoms with Crippen LogP contribution in [0.4, 0.5) is 11.4 Å². The summed E-state index contributed by atoms with van der Waals surface area (Å²) in [5.41, 5.74) is 5.63. The minimum Gasteiger partial charge on any atom is -0.488 e. The first kappa shape index (κ1) is 30.4. The topological polar surface area (TPSA) is 188 Å². The quantitative estimate of drug-likeness (QED) is 0.156. The van der Waals surface area contributed by atoms with Gasteiger partial charge in [-0.25, -0.2) is 10.9 Å². The highest BCUT2D eigenvalue weighted by atomic mass is 32.1. The lowest BCUT2D eigenvalue weighted by atomic mass is 10.2. The molecule has 15 heteroatoms. The van der Waals surface area contributed by atoms with Gasteiger partial charge in [0.25, 0.3) is 23.2 Å². The molecule has 1 heterocycles. The molecule has 2 aromatic carbocycles. The van der Waals surface area contributed by atoms with E-state index in [9.17, 15) is 29.8 Å². The number of hydrogen-bond donors (Lipinski definition) is 2. The van der Waals surface area contributed by atoms with Gasteiger partial charge in [0.15, 0.2) is 11.5 Å². The van der Waals surface area contributed by atoms with Crippen LogP contribution in [0.2, 0.25) is 0 Å². The fourth-order valence-corrected chi connectivity index (χ4v) is 4.14. The number of hydrazone groups is 2. The van der Waals surface area contributed by atoms with Crippen molar-refractivity contribution in [2.45, 2.75) is 26.7 Å². The number of nitrogens with one attached hydrogen (secondary N) is 2. The Bertz CT molecular complexity index is 1340. The van der Waals surface area contributed by atoms with E-state index in [0.717, 1.165) is 11.3 Å². The molecule has 0 spiro atoms. The van der Waals surface area contributed by atoms with Crippen molar-refractivity contribution in [1.82, 2.24) is 10.9 Å². The van der Waals surface area contributed by atoms with Gasteiger partial charge in [-0.3, -0.25) is 29.8 Å². The van der Waals surface area contributed by atoms with Crippen LogP contribution in [0.25, 0.3) is 0 Å². The second-order valence-electron chi connectivity index (χ2n) is 8.21. The maximum Gasteiger partial charge on any atom is 0.285 e. The van der Waals surface area contributed by atoms with E-state index in [0.29, 0.717) is 24.0 Å². The maximum atomic E-state index is 13.1. The van der Waals surface area contributed by atoms with E-state index in [-0.39, 0.29) is 45.8 Å². The Morgan fingerprint density at radius 1 is 0.756 bits per heavy atom. The van der Waals surface area contributed by atoms with Crippen molar-refractivity contribution in [1.29, 1.82) is 0 Å². The molecule has 41 heavy (non-hydrogen) atoms. The van der Waals surface area contributed by atoms with Crippen molar-refractivity contribution >= 4 is 47.0 Å². The highest BCUT2D eigenvalue weighted by Gasteiger charge is 2.29. The molecule has 1 aromatic heterocycles. The molecule has 0 aliphatic heterocycles. The van der Waals surface area contributed by atoms with Gasteiger partial charge in [0, 0.05) is 24.3 Å². The summed E-state index contributed by atoms with van der Waals surface area (Å²) >= 11 is 0.834. The van der Waals surface area contributed by atoms with E-state index in [1.807, 2.05) is 13.8 Å². The van der Waals surface area contributed by atoms with E-state index in [1.165, 1.54) is 61.0 Å². The number of nitro groups is 2. The van der Waals surface area contributed by atoms with Gasteiger partial charge >= 0.3 is 0 Å². The smallest absolute Gasteiger partial charge is 0.285 e. The molecule has 0 atom stereocenters. The molecule has 3 rings (SSSR count). The number of amides is 2. The number of ether oxygens (including phenoxy) is 2. The van der Waals surface area contributed by atoms with Crippen LogP contribution in [0.1, 0.15) is 57.2 Å². The molecule has 0 aliphatic carbocycles. The van der Waals surface area contributed by atoms with Gasteiger partial charge in [-0.15, -0.1) is 11.3 Å². The number of benzene rings is 2. The average Bonchev–Trinajstić information content (AvgIpc) is 3.33. The molecule has 2 N–H and O–H groups in total. The molecule has 0 saturated heterocycles. The molecule has 3 aromatic rings. The number of thiophene rings is 1. The predicted molar refractivity (Wildman–Crippen MR) is 152 cm³/mol. The van der Waals surface area contributed by atoms with Crippen LogP contribution < -0.4 is 20.3 Å². The third-order valence-electron chi connectivity index (χ3n) is 5.10. The summed E-state index contributed by atoms with van der Waals surface area (Å²) in [5.74, 6) is -1.13. The largest absolute Gasteiger partial charge is 0.488 e. The molecule has 0 radical (unpaired) electrons. The van der Waals surface area contributed by atoms with Crippen LogP contribution in [-0.4, -0.2) is 47.3 Å². The highest BCUT2D eigenvalue weighted by molar-refractivity contribution is 7.16. The van der Waals surface area contributed by atoms with E-state index >= 15 is 0 Å². The van der Waals surface area contributed by atoms with Gasteiger partial charge in [-0.2, -0.15) is 10.2 Å². The zero-order valence-electron chi connectivity index (χ0n) is 22.1. The third kappa shape index (κ3) is 8.40. The van der Waals surface area contributed by atoms with E-state index in [2.05, 4.69) is 21.1 Å². The fourth-order valence-electron chi connectivity index (χ4n) is 3.17. The first-order valence-electron chi connectivity index (χ1n) is 12.3. The number of rotatable bonds is 14. The van der Waals surface area contributed by atoms with Crippen molar-refractivity contribution in [3.8, 4) is 11.5 Å². The molecule has 0 saturated carbocycles. The standard InChI is InChI=1S/C26H26N6O8S/c1-3-13-39-21-22(40-14-4-2)24(26(34)30-28-16-18-7-11-20(12-8-18)32(37)38)41-23(21)25(33)29-27-15-17-5-9-19(10-6-17)31(35)36/h5-12,15-16H,3-4,13-14H2,1-2H3,(H,29,33)(H,30,34)/b27-15+,28-16+. The number of hydrogen-bond acceptors (Lipinski definition) is 11. The van der Waals surface area contributed by atoms with Crippen molar-refractivity contribution < 1.29 is 28.9 Å². The number of nitrogens with zero attached hydrogens (tertiary/aromatic N) is 4. The number of carbonyl (C=O) groups is 2. The van der Waals surface area contributed by atoms with Gasteiger partial charge in [-0.1, -0.05) is 13.8 Å². The van der Waals surface area contributed by atoms with Crippen LogP contribution in [0.3, 0.4) is 0 Å². The second-order valence-corrected chi connectivity index (χ2v) is 9.23. The van der Waals surface area contributed by atoms with Crippen LogP contribution >= 0.6 is 11.3 Å². The fraction of sp³-hybridized carbons (Fsp3) is 0.231. The zero-order valence-corrected chi connectivity index (χ0v) is 22.9. The van der Waals surface area contributed by atoms with E-state index in [1.54, 1.807) is 0 Å². The Morgan fingerprint density at radius 3 is 1.44 bits per heavy atom. The van der Waals surface area contributed by atoms with Crippen molar-refractivity contribution in [3.05, 3.63) is 89.6 Å². The van der Waals surface area contributed by atoms with Crippen LogP contribution in [0.15, 0.2) is 58.7 Å². The number of nitro benzene ring substituents is 2. The highest BCUT2D eigenvalue weighted by Crippen LogP contribution is 2.42. The first-order valence-corrected chi connectivity index (χ1v) is 13.1. The van der Waals surface area contributed by atoms with Gasteiger partial charge < -0.3 is 9.47 Å². The lowest BCUT2D eigenvalue weighted by Gasteiger charge is -2.10. The molecule has 214 valence electrons. The Kier molecular flexibility index (Phi) is 11.0. The molecule has 2 amide bonds. The molecule has 0 aliphatic rings. The summed E-state index contributed by atoms with van der Waals surface area (Å²) in [6, 6.07) is 11.2. The Balaban J connectivity index is 1.82. The minimum absolute atomic E-state index is 0.0508. The van der Waals surface area contributed by atoms with Crippen LogP contribution in [-0.2, 0) is 0 Å². The van der Waals surface area contributed by atoms with Crippen molar-refractivity contribution in [2.24, 2.45) is 10.2 Å². The molecular weight excluding hydrogens is 556 g/mol. The number of non-ortho nitro benzene ring substituents is 2. The summed E-state index contributed by atoms with van der Waals surface area (Å²) < 4.78 is 11.6. The Hall–Kier alpha value is -5.18. The zero-order chi connectivity index (χ0) is 29.8. The Labute approximate surface area is 238 Å². The maximum absolute atomic E-state index is 13.1. The lowest BCUT2D eigenvalue weighted by Crippen LogP contribution is -2.17. The average molecular weight is 583 g/mol. The van der Waals surface area contributed by atoms with Gasteiger partial charge in [0.05, 0.1) is 35.5 Å². The van der Waals surface area contributed by atoms with E-state index < -0.39 is 21.7 Å². The Morgan fingerprint density at radius 2 is 1.12 bits per heavy atom. The molecule has 0 bridgehead atoms. The molecular formula is C26H26N6O8S. The van der Waals surface area contributed by atoms with E-state index in [4.69, 9.17) is 9.47 Å². The summed E-state index contributed by atoms with van der Waals surface area (Å²) in [5, 5.41) is 29.4. The second kappa shape index (κ2) is 14.8. The summed E-state index contributed by atoms with van der Waals surface area (Å²) in [6.45, 7) is 4.28. The molecule has 14 nitrogen and oxygen atoms in total. The van der Waals surface area contributed by atoms with Gasteiger partial charge in [-0.05, 0) is 48.2 Å². The normalized spacial score (nSPS) is 11.0. The van der Waals surface area contributed by atoms with Crippen molar-refractivity contribution in [2.75, 3.05) is 13.2 Å². The summed E-state index contributed by atoms with van der Waals surface area (Å²) in [4.78, 5) is 46.8. The molecule has 0 unspecified atom stereocenters.